The second-order valence-corrected chi connectivity index (χ2v) is 7.08. The van der Waals surface area contributed by atoms with E-state index in [1.807, 2.05) is 0 Å². The van der Waals surface area contributed by atoms with Crippen molar-refractivity contribution in [2.75, 3.05) is 13.1 Å². The van der Waals surface area contributed by atoms with Crippen molar-refractivity contribution in [1.29, 1.82) is 0 Å². The zero-order valence-electron chi connectivity index (χ0n) is 12.1. The number of carbonyl (C=O) groups is 1. The van der Waals surface area contributed by atoms with Crippen LogP contribution in [0.1, 0.15) is 64.2 Å². The average Bonchev–Trinajstić information content (AvgIpc) is 3.02. The van der Waals surface area contributed by atoms with Gasteiger partial charge in [-0.2, -0.15) is 0 Å². The summed E-state index contributed by atoms with van der Waals surface area (Å²) < 4.78 is 0. The minimum Gasteiger partial charge on any atom is -0.339 e. The highest BCUT2D eigenvalue weighted by atomic mass is 16.2. The van der Waals surface area contributed by atoms with Gasteiger partial charge in [0.05, 0.1) is 0 Å². The van der Waals surface area contributed by atoms with Crippen molar-refractivity contribution in [3.8, 4) is 0 Å². The molecular formula is C16H28N2O. The van der Waals surface area contributed by atoms with Crippen molar-refractivity contribution in [3.05, 3.63) is 0 Å². The molecule has 0 aromatic carbocycles. The molecule has 3 nitrogen and oxygen atoms in total. The predicted molar refractivity (Wildman–Crippen MR) is 76.6 cm³/mol. The van der Waals surface area contributed by atoms with Crippen molar-refractivity contribution < 1.29 is 4.79 Å². The Morgan fingerprint density at radius 1 is 1.11 bits per heavy atom. The molecule has 0 aromatic heterocycles. The highest BCUT2D eigenvalue weighted by Crippen LogP contribution is 2.44. The molecule has 2 aliphatic carbocycles. The van der Waals surface area contributed by atoms with Crippen LogP contribution in [0.4, 0.5) is 0 Å². The van der Waals surface area contributed by atoms with Gasteiger partial charge in [-0.3, -0.25) is 4.79 Å². The third kappa shape index (κ3) is 2.54. The number of hydrogen-bond donors (Lipinski definition) is 1. The van der Waals surface area contributed by atoms with Crippen LogP contribution in [0.3, 0.4) is 0 Å². The molecule has 1 amide bonds. The Kier molecular flexibility index (Phi) is 3.84. The van der Waals surface area contributed by atoms with Crippen LogP contribution < -0.4 is 5.73 Å². The predicted octanol–water partition coefficient (Wildman–Crippen LogP) is 2.69. The SMILES string of the molecule is NCC1(CC(=O)N2CCCC2C2CCCC2)CCC1. The van der Waals surface area contributed by atoms with Crippen molar-refractivity contribution in [2.45, 2.75) is 70.3 Å². The van der Waals surface area contributed by atoms with Crippen LogP contribution >= 0.6 is 0 Å². The van der Waals surface area contributed by atoms with Crippen molar-refractivity contribution in [2.24, 2.45) is 17.1 Å². The van der Waals surface area contributed by atoms with E-state index in [0.29, 0.717) is 24.9 Å². The minimum atomic E-state index is 0.167. The van der Waals surface area contributed by atoms with Crippen molar-refractivity contribution >= 4 is 5.91 Å². The summed E-state index contributed by atoms with van der Waals surface area (Å²) in [5, 5.41) is 0. The summed E-state index contributed by atoms with van der Waals surface area (Å²) in [4.78, 5) is 14.9. The molecule has 1 aliphatic heterocycles. The van der Waals surface area contributed by atoms with Gasteiger partial charge in [0.15, 0.2) is 0 Å². The Labute approximate surface area is 116 Å². The Balaban J connectivity index is 1.61. The van der Waals surface area contributed by atoms with Gasteiger partial charge in [-0.1, -0.05) is 19.3 Å². The molecule has 0 bridgehead atoms. The summed E-state index contributed by atoms with van der Waals surface area (Å²) in [6, 6.07) is 0.560. The van der Waals surface area contributed by atoms with E-state index >= 15 is 0 Å². The summed E-state index contributed by atoms with van der Waals surface area (Å²) >= 11 is 0. The van der Waals surface area contributed by atoms with Gasteiger partial charge in [-0.05, 0) is 56.4 Å². The molecule has 2 saturated carbocycles. The van der Waals surface area contributed by atoms with E-state index in [-0.39, 0.29) is 5.41 Å². The summed E-state index contributed by atoms with van der Waals surface area (Å²) in [6.07, 6.45) is 12.2. The topological polar surface area (TPSA) is 46.3 Å². The van der Waals surface area contributed by atoms with Gasteiger partial charge >= 0.3 is 0 Å². The fourth-order valence-corrected chi connectivity index (χ4v) is 4.49. The van der Waals surface area contributed by atoms with E-state index in [4.69, 9.17) is 5.73 Å². The maximum atomic E-state index is 12.7. The van der Waals surface area contributed by atoms with Gasteiger partial charge in [0.2, 0.25) is 5.91 Å². The Hall–Kier alpha value is -0.570. The van der Waals surface area contributed by atoms with Crippen LogP contribution in [0.2, 0.25) is 0 Å². The van der Waals surface area contributed by atoms with E-state index in [1.54, 1.807) is 0 Å². The van der Waals surface area contributed by atoms with Gasteiger partial charge in [0, 0.05) is 19.0 Å². The van der Waals surface area contributed by atoms with Crippen LogP contribution in [0, 0.1) is 11.3 Å². The van der Waals surface area contributed by atoms with Crippen LogP contribution in [0.5, 0.6) is 0 Å². The zero-order valence-corrected chi connectivity index (χ0v) is 12.1. The largest absolute Gasteiger partial charge is 0.339 e. The number of hydrogen-bond acceptors (Lipinski definition) is 2. The monoisotopic (exact) mass is 264 g/mol. The molecule has 1 saturated heterocycles. The van der Waals surface area contributed by atoms with E-state index in [2.05, 4.69) is 4.90 Å². The van der Waals surface area contributed by atoms with Crippen LogP contribution in [-0.4, -0.2) is 29.9 Å². The number of likely N-dealkylation sites (tertiary alicyclic amines) is 1. The lowest BCUT2D eigenvalue weighted by Crippen LogP contribution is -2.46. The van der Waals surface area contributed by atoms with Gasteiger partial charge in [0.25, 0.3) is 0 Å². The first kappa shape index (κ1) is 13.4. The van der Waals surface area contributed by atoms with Crippen LogP contribution in [0.15, 0.2) is 0 Å². The first-order chi connectivity index (χ1) is 9.24. The first-order valence-electron chi connectivity index (χ1n) is 8.24. The Morgan fingerprint density at radius 3 is 2.42 bits per heavy atom. The lowest BCUT2D eigenvalue weighted by atomic mass is 9.66. The van der Waals surface area contributed by atoms with E-state index in [1.165, 1.54) is 44.9 Å². The van der Waals surface area contributed by atoms with Gasteiger partial charge in [-0.15, -0.1) is 0 Å². The zero-order chi connectivity index (χ0) is 13.3. The number of rotatable bonds is 4. The molecule has 3 heteroatoms. The number of carbonyl (C=O) groups excluding carboxylic acids is 1. The first-order valence-corrected chi connectivity index (χ1v) is 8.24. The third-order valence-corrected chi connectivity index (χ3v) is 5.94. The molecule has 1 atom stereocenters. The third-order valence-electron chi connectivity index (χ3n) is 5.94. The Morgan fingerprint density at radius 2 is 1.84 bits per heavy atom. The molecule has 0 spiro atoms. The van der Waals surface area contributed by atoms with Crippen LogP contribution in [0.25, 0.3) is 0 Å². The maximum absolute atomic E-state index is 12.7. The lowest BCUT2D eigenvalue weighted by Gasteiger charge is -2.42. The quantitative estimate of drug-likeness (QED) is 0.848. The summed E-state index contributed by atoms with van der Waals surface area (Å²) in [5.41, 5.74) is 6.07. The fourth-order valence-electron chi connectivity index (χ4n) is 4.49. The number of amides is 1. The summed E-state index contributed by atoms with van der Waals surface area (Å²) in [5.74, 6) is 1.20. The molecule has 0 radical (unpaired) electrons. The molecule has 1 heterocycles. The highest BCUT2D eigenvalue weighted by molar-refractivity contribution is 5.77. The van der Waals surface area contributed by atoms with E-state index < -0.39 is 0 Å². The smallest absolute Gasteiger partial charge is 0.223 e. The van der Waals surface area contributed by atoms with E-state index in [9.17, 15) is 4.79 Å². The number of nitrogens with zero attached hydrogens (tertiary/aromatic N) is 1. The Bertz CT molecular complexity index is 326. The van der Waals surface area contributed by atoms with Gasteiger partial charge in [-0.25, -0.2) is 0 Å². The fraction of sp³-hybridized carbons (Fsp3) is 0.938. The molecular weight excluding hydrogens is 236 g/mol. The molecule has 1 unspecified atom stereocenters. The van der Waals surface area contributed by atoms with Gasteiger partial charge in [0.1, 0.15) is 0 Å². The molecule has 19 heavy (non-hydrogen) atoms. The number of nitrogens with two attached hydrogens (primary N) is 1. The van der Waals surface area contributed by atoms with E-state index in [0.717, 1.165) is 25.3 Å². The second kappa shape index (κ2) is 5.43. The lowest BCUT2D eigenvalue weighted by molar-refractivity contribution is -0.136. The molecule has 3 aliphatic rings. The molecule has 108 valence electrons. The summed E-state index contributed by atoms with van der Waals surface area (Å²) in [6.45, 7) is 1.70. The summed E-state index contributed by atoms with van der Waals surface area (Å²) in [7, 11) is 0. The standard InChI is InChI=1S/C16H28N2O/c17-12-16(8-4-9-16)11-15(19)18-10-3-7-14(18)13-5-1-2-6-13/h13-14H,1-12,17H2. The maximum Gasteiger partial charge on any atom is 0.223 e. The van der Waals surface area contributed by atoms with Gasteiger partial charge < -0.3 is 10.6 Å². The average molecular weight is 264 g/mol. The van der Waals surface area contributed by atoms with Crippen molar-refractivity contribution in [1.82, 2.24) is 4.90 Å². The minimum absolute atomic E-state index is 0.167. The second-order valence-electron chi connectivity index (χ2n) is 7.08. The molecule has 3 rings (SSSR count). The highest BCUT2D eigenvalue weighted by Gasteiger charge is 2.42. The van der Waals surface area contributed by atoms with Crippen LogP contribution in [-0.2, 0) is 4.79 Å². The normalized spacial score (nSPS) is 30.6. The van der Waals surface area contributed by atoms with Crippen molar-refractivity contribution in [3.63, 3.8) is 0 Å². The molecule has 0 aromatic rings. The molecule has 2 N–H and O–H groups in total. The molecule has 3 fully saturated rings.